The van der Waals surface area contributed by atoms with Crippen molar-refractivity contribution in [3.05, 3.63) is 131 Å². The highest BCUT2D eigenvalue weighted by Gasteiger charge is 2.35. The van der Waals surface area contributed by atoms with Crippen LogP contribution in [0.15, 0.2) is 103 Å². The van der Waals surface area contributed by atoms with Gasteiger partial charge in [-0.1, -0.05) is 72.8 Å². The Morgan fingerprint density at radius 3 is 1.81 bits per heavy atom. The topological polar surface area (TPSA) is 58.2 Å². The summed E-state index contributed by atoms with van der Waals surface area (Å²) in [6.45, 7) is 0. The van der Waals surface area contributed by atoms with Gasteiger partial charge in [-0.2, -0.15) is 13.2 Å². The quantitative estimate of drug-likeness (QED) is 0.289. The molecule has 4 rings (SSSR count). The van der Waals surface area contributed by atoms with Crippen molar-refractivity contribution >= 4 is 23.2 Å². The summed E-state index contributed by atoms with van der Waals surface area (Å²) >= 11 is 0. The Bertz CT molecular complexity index is 1330. The summed E-state index contributed by atoms with van der Waals surface area (Å²) in [5.74, 6) is -3.20. The van der Waals surface area contributed by atoms with Gasteiger partial charge in [-0.3, -0.25) is 9.59 Å². The third kappa shape index (κ3) is 5.60. The number of alkyl halides is 3. The van der Waals surface area contributed by atoms with Crippen molar-refractivity contribution in [1.82, 2.24) is 0 Å². The maximum absolute atomic E-state index is 13.9. The van der Waals surface area contributed by atoms with E-state index in [1.54, 1.807) is 60.7 Å². The van der Waals surface area contributed by atoms with Gasteiger partial charge in [-0.25, -0.2) is 4.39 Å². The molecule has 0 aliphatic carbocycles. The van der Waals surface area contributed by atoms with Crippen LogP contribution in [0.5, 0.6) is 0 Å². The van der Waals surface area contributed by atoms with Gasteiger partial charge in [0.2, 0.25) is 5.91 Å². The summed E-state index contributed by atoms with van der Waals surface area (Å²) in [4.78, 5) is 25.6. The molecule has 0 spiro atoms. The van der Waals surface area contributed by atoms with Crippen molar-refractivity contribution in [2.45, 2.75) is 12.1 Å². The van der Waals surface area contributed by atoms with E-state index in [1.165, 1.54) is 24.3 Å². The van der Waals surface area contributed by atoms with Gasteiger partial charge in [0.25, 0.3) is 5.91 Å². The first kappa shape index (κ1) is 24.7. The number of benzene rings is 4. The van der Waals surface area contributed by atoms with Gasteiger partial charge < -0.3 is 10.6 Å². The van der Waals surface area contributed by atoms with Crippen LogP contribution in [-0.4, -0.2) is 11.8 Å². The molecule has 4 nitrogen and oxygen atoms in total. The van der Waals surface area contributed by atoms with Crippen LogP contribution in [0.1, 0.15) is 33.0 Å². The lowest BCUT2D eigenvalue weighted by Crippen LogP contribution is -2.24. The van der Waals surface area contributed by atoms with Crippen LogP contribution in [0.4, 0.5) is 28.9 Å². The molecule has 4 aromatic carbocycles. The summed E-state index contributed by atoms with van der Waals surface area (Å²) in [7, 11) is 0. The number of anilines is 2. The van der Waals surface area contributed by atoms with E-state index in [2.05, 4.69) is 10.6 Å². The van der Waals surface area contributed by atoms with Gasteiger partial charge in [0.15, 0.2) is 0 Å². The Hall–Kier alpha value is -4.46. The molecule has 0 aliphatic heterocycles. The molecular formula is C28H20F4N2O2. The zero-order valence-corrected chi connectivity index (χ0v) is 18.7. The molecule has 0 aliphatic rings. The molecule has 182 valence electrons. The predicted octanol–water partition coefficient (Wildman–Crippen LogP) is 6.87. The third-order valence-electron chi connectivity index (χ3n) is 5.49. The zero-order valence-electron chi connectivity index (χ0n) is 18.7. The Labute approximate surface area is 204 Å². The van der Waals surface area contributed by atoms with Crippen molar-refractivity contribution in [1.29, 1.82) is 0 Å². The lowest BCUT2D eigenvalue weighted by Gasteiger charge is -2.20. The Balaban J connectivity index is 1.65. The van der Waals surface area contributed by atoms with E-state index >= 15 is 0 Å². The Kier molecular flexibility index (Phi) is 7.15. The SMILES string of the molecule is O=C(Nc1ccc(NC(=O)C(c2ccccc2)c2ccccc2)c(C(F)(F)F)c1)c1ccccc1F. The standard InChI is InChI=1S/C28H20F4N2O2/c29-23-14-8-7-13-21(23)26(35)33-20-15-16-24(22(17-20)28(30,31)32)34-27(36)25(18-9-3-1-4-10-18)19-11-5-2-6-12-19/h1-17,25H,(H,33,35)(H,34,36). The summed E-state index contributed by atoms with van der Waals surface area (Å²) in [5.41, 5.74) is -0.893. The van der Waals surface area contributed by atoms with E-state index in [1.807, 2.05) is 0 Å². The average molecular weight is 492 g/mol. The maximum Gasteiger partial charge on any atom is 0.418 e. The van der Waals surface area contributed by atoms with E-state index in [4.69, 9.17) is 0 Å². The maximum atomic E-state index is 13.9. The summed E-state index contributed by atoms with van der Waals surface area (Å²) in [5, 5.41) is 4.68. The number of amides is 2. The van der Waals surface area contributed by atoms with E-state index < -0.39 is 41.0 Å². The molecule has 0 heterocycles. The zero-order chi connectivity index (χ0) is 25.7. The number of hydrogen-bond acceptors (Lipinski definition) is 2. The fourth-order valence-electron chi connectivity index (χ4n) is 3.80. The van der Waals surface area contributed by atoms with Crippen molar-refractivity contribution < 1.29 is 27.2 Å². The molecule has 0 fully saturated rings. The van der Waals surface area contributed by atoms with E-state index in [9.17, 15) is 27.2 Å². The first-order chi connectivity index (χ1) is 17.2. The number of hydrogen-bond donors (Lipinski definition) is 2. The molecule has 36 heavy (non-hydrogen) atoms. The van der Waals surface area contributed by atoms with E-state index in [0.29, 0.717) is 17.2 Å². The van der Waals surface area contributed by atoms with Crippen LogP contribution in [0, 0.1) is 5.82 Å². The molecule has 0 atom stereocenters. The van der Waals surface area contributed by atoms with E-state index in [0.717, 1.165) is 12.1 Å². The van der Waals surface area contributed by atoms with Gasteiger partial charge in [0.05, 0.1) is 22.7 Å². The normalized spacial score (nSPS) is 11.2. The largest absolute Gasteiger partial charge is 0.418 e. The molecule has 0 bridgehead atoms. The highest BCUT2D eigenvalue weighted by atomic mass is 19.4. The highest BCUT2D eigenvalue weighted by Crippen LogP contribution is 2.37. The van der Waals surface area contributed by atoms with Crippen LogP contribution >= 0.6 is 0 Å². The minimum atomic E-state index is -4.84. The van der Waals surface area contributed by atoms with Crippen molar-refractivity contribution in [3.8, 4) is 0 Å². The number of carbonyl (C=O) groups excluding carboxylic acids is 2. The van der Waals surface area contributed by atoms with Gasteiger partial charge in [-0.05, 0) is 41.5 Å². The molecule has 2 N–H and O–H groups in total. The molecule has 0 saturated heterocycles. The Morgan fingerprint density at radius 2 is 1.25 bits per heavy atom. The summed E-state index contributed by atoms with van der Waals surface area (Å²) in [6, 6.07) is 25.5. The van der Waals surface area contributed by atoms with Crippen LogP contribution in [0.2, 0.25) is 0 Å². The van der Waals surface area contributed by atoms with Crippen LogP contribution in [0.3, 0.4) is 0 Å². The molecule has 4 aromatic rings. The molecule has 2 amide bonds. The van der Waals surface area contributed by atoms with Crippen molar-refractivity contribution in [3.63, 3.8) is 0 Å². The summed E-state index contributed by atoms with van der Waals surface area (Å²) in [6.07, 6.45) is -4.84. The average Bonchev–Trinajstić information content (AvgIpc) is 2.86. The van der Waals surface area contributed by atoms with Crippen LogP contribution in [0.25, 0.3) is 0 Å². The minimum Gasteiger partial charge on any atom is -0.325 e. The third-order valence-corrected chi connectivity index (χ3v) is 5.49. The van der Waals surface area contributed by atoms with Gasteiger partial charge in [-0.15, -0.1) is 0 Å². The molecule has 0 unspecified atom stereocenters. The fraction of sp³-hybridized carbons (Fsp3) is 0.0714. The second-order valence-electron chi connectivity index (χ2n) is 7.94. The number of halogens is 4. The van der Waals surface area contributed by atoms with Crippen molar-refractivity contribution in [2.24, 2.45) is 0 Å². The first-order valence-electron chi connectivity index (χ1n) is 10.9. The van der Waals surface area contributed by atoms with Gasteiger partial charge in [0, 0.05) is 5.69 Å². The monoisotopic (exact) mass is 492 g/mol. The minimum absolute atomic E-state index is 0.198. The van der Waals surface area contributed by atoms with Crippen molar-refractivity contribution in [2.75, 3.05) is 10.6 Å². The Morgan fingerprint density at radius 1 is 0.694 bits per heavy atom. The molecule has 0 aromatic heterocycles. The number of nitrogens with one attached hydrogen (secondary N) is 2. The first-order valence-corrected chi connectivity index (χ1v) is 10.9. The van der Waals surface area contributed by atoms with Gasteiger partial charge in [0.1, 0.15) is 5.82 Å². The van der Waals surface area contributed by atoms with Crippen LogP contribution in [-0.2, 0) is 11.0 Å². The predicted molar refractivity (Wildman–Crippen MR) is 129 cm³/mol. The molecule has 0 saturated carbocycles. The highest BCUT2D eigenvalue weighted by molar-refractivity contribution is 6.05. The fourth-order valence-corrected chi connectivity index (χ4v) is 3.80. The number of carbonyl (C=O) groups is 2. The lowest BCUT2D eigenvalue weighted by molar-refractivity contribution is -0.136. The van der Waals surface area contributed by atoms with Crippen LogP contribution < -0.4 is 10.6 Å². The second kappa shape index (κ2) is 10.4. The second-order valence-corrected chi connectivity index (χ2v) is 7.94. The molecular weight excluding hydrogens is 472 g/mol. The molecule has 8 heteroatoms. The number of rotatable bonds is 6. The smallest absolute Gasteiger partial charge is 0.325 e. The molecule has 0 radical (unpaired) electrons. The summed E-state index contributed by atoms with van der Waals surface area (Å²) < 4.78 is 55.7. The lowest BCUT2D eigenvalue weighted by atomic mass is 9.90. The van der Waals surface area contributed by atoms with E-state index in [-0.39, 0.29) is 11.3 Å². The van der Waals surface area contributed by atoms with Gasteiger partial charge >= 0.3 is 6.18 Å².